The van der Waals surface area contributed by atoms with Gasteiger partial charge in [-0.15, -0.1) is 11.3 Å². The van der Waals surface area contributed by atoms with Gasteiger partial charge in [-0.3, -0.25) is 4.79 Å². The lowest BCUT2D eigenvalue weighted by molar-refractivity contribution is -0.149. The van der Waals surface area contributed by atoms with Crippen LogP contribution in [-0.2, 0) is 9.59 Å². The fourth-order valence-corrected chi connectivity index (χ4v) is 1.63. The van der Waals surface area contributed by atoms with Gasteiger partial charge in [0, 0.05) is 4.88 Å². The van der Waals surface area contributed by atoms with Crippen LogP contribution in [0.15, 0.2) is 17.5 Å². The van der Waals surface area contributed by atoms with E-state index in [1.807, 2.05) is 5.38 Å². The molecule has 1 heterocycles. The van der Waals surface area contributed by atoms with Gasteiger partial charge in [-0.2, -0.15) is 0 Å². The van der Waals surface area contributed by atoms with Gasteiger partial charge in [-0.1, -0.05) is 6.07 Å². The summed E-state index contributed by atoms with van der Waals surface area (Å²) < 4.78 is 0. The van der Waals surface area contributed by atoms with E-state index in [9.17, 15) is 9.59 Å². The Morgan fingerprint density at radius 1 is 1.58 bits per heavy atom. The molecule has 0 fully saturated rings. The van der Waals surface area contributed by atoms with Gasteiger partial charge in [-0.05, 0) is 18.4 Å². The van der Waals surface area contributed by atoms with Gasteiger partial charge in [-0.25, -0.2) is 4.79 Å². The first-order valence-corrected chi connectivity index (χ1v) is 4.31. The third-order valence-electron chi connectivity index (χ3n) is 1.57. The van der Waals surface area contributed by atoms with Crippen molar-refractivity contribution in [1.29, 1.82) is 0 Å². The van der Waals surface area contributed by atoms with Crippen molar-refractivity contribution in [3.63, 3.8) is 0 Å². The minimum absolute atomic E-state index is 0.525. The number of aliphatic carboxylic acids is 1. The van der Waals surface area contributed by atoms with Crippen LogP contribution in [0.5, 0.6) is 0 Å². The van der Waals surface area contributed by atoms with E-state index in [1.165, 1.54) is 11.3 Å². The zero-order valence-electron chi connectivity index (χ0n) is 6.48. The summed E-state index contributed by atoms with van der Waals surface area (Å²) in [5.41, 5.74) is 0. The van der Waals surface area contributed by atoms with Gasteiger partial charge in [0.05, 0.1) is 5.92 Å². The summed E-state index contributed by atoms with van der Waals surface area (Å²) in [6.45, 7) is 1.60. The molecule has 0 aliphatic heterocycles. The van der Waals surface area contributed by atoms with Crippen molar-refractivity contribution in [3.05, 3.63) is 22.4 Å². The molecule has 3 nitrogen and oxygen atoms in total. The first-order chi connectivity index (χ1) is 5.63. The Balaban J connectivity index is 2.79. The summed E-state index contributed by atoms with van der Waals surface area (Å²) in [6, 6.07) is 3.56. The molecule has 0 spiro atoms. The summed E-state index contributed by atoms with van der Waals surface area (Å²) in [5, 5.41) is 10.2. The lowest BCUT2D eigenvalue weighted by atomic mass is 10.1. The second kappa shape index (κ2) is 3.49. The molecule has 0 aromatic carbocycles. The quantitative estimate of drug-likeness (QED) is 0.724. The van der Waals surface area contributed by atoms with Crippen molar-refractivity contribution in [1.82, 2.24) is 0 Å². The molecule has 12 heavy (non-hydrogen) atoms. The maximum atomic E-state index is 10.9. The molecule has 1 aromatic heterocycles. The summed E-state index contributed by atoms with van der Waals surface area (Å²) in [4.78, 5) is 22.0. The third kappa shape index (κ3) is 1.71. The van der Waals surface area contributed by atoms with Gasteiger partial charge in [0.25, 0.3) is 0 Å². The largest absolute Gasteiger partial charge is 0.475 e. The minimum Gasteiger partial charge on any atom is -0.475 e. The van der Waals surface area contributed by atoms with Crippen LogP contribution < -0.4 is 0 Å². The number of carbonyl (C=O) groups is 2. The highest BCUT2D eigenvalue weighted by atomic mass is 32.1. The van der Waals surface area contributed by atoms with Crippen LogP contribution in [0.25, 0.3) is 0 Å². The zero-order chi connectivity index (χ0) is 9.14. The fraction of sp³-hybridized carbons (Fsp3) is 0.250. The molecule has 4 heteroatoms. The molecule has 0 aliphatic rings. The normalized spacial score (nSPS) is 12.4. The van der Waals surface area contributed by atoms with E-state index in [0.717, 1.165) is 4.88 Å². The molecule has 1 rings (SSSR count). The number of ketones is 1. The molecule has 0 aliphatic carbocycles. The molecular weight excluding hydrogens is 176 g/mol. The van der Waals surface area contributed by atoms with E-state index < -0.39 is 17.7 Å². The van der Waals surface area contributed by atoms with Crippen molar-refractivity contribution < 1.29 is 14.7 Å². The molecule has 64 valence electrons. The van der Waals surface area contributed by atoms with Crippen LogP contribution in [0.4, 0.5) is 0 Å². The number of hydrogen-bond acceptors (Lipinski definition) is 3. The minimum atomic E-state index is -1.36. The third-order valence-corrected chi connectivity index (χ3v) is 2.63. The van der Waals surface area contributed by atoms with Gasteiger partial charge >= 0.3 is 5.97 Å². The second-order valence-electron chi connectivity index (χ2n) is 2.41. The Bertz CT molecular complexity index is 289. The van der Waals surface area contributed by atoms with Gasteiger partial charge in [0.15, 0.2) is 0 Å². The Morgan fingerprint density at radius 2 is 2.25 bits per heavy atom. The summed E-state index contributed by atoms with van der Waals surface area (Å²) >= 11 is 1.39. The van der Waals surface area contributed by atoms with Crippen LogP contribution in [0.1, 0.15) is 17.7 Å². The Labute approximate surface area is 73.6 Å². The van der Waals surface area contributed by atoms with E-state index in [-0.39, 0.29) is 0 Å². The predicted molar refractivity (Wildman–Crippen MR) is 45.4 cm³/mol. The van der Waals surface area contributed by atoms with Crippen molar-refractivity contribution >= 4 is 23.1 Å². The van der Waals surface area contributed by atoms with Crippen molar-refractivity contribution in [2.75, 3.05) is 0 Å². The molecule has 0 radical (unpaired) electrons. The van der Waals surface area contributed by atoms with Crippen LogP contribution in [0.2, 0.25) is 0 Å². The first-order valence-electron chi connectivity index (χ1n) is 3.43. The molecule has 1 aromatic rings. The Hall–Kier alpha value is -1.16. The molecule has 1 unspecified atom stereocenters. The standard InChI is InChI=1S/C8H8O3S/c1-5(7(9)8(10)11)6-3-2-4-12-6/h2-5H,1H3,(H,10,11). The van der Waals surface area contributed by atoms with Crippen molar-refractivity contribution in [2.45, 2.75) is 12.8 Å². The lowest BCUT2D eigenvalue weighted by Gasteiger charge is -2.02. The van der Waals surface area contributed by atoms with Crippen molar-refractivity contribution in [2.24, 2.45) is 0 Å². The first kappa shape index (κ1) is 8.93. The van der Waals surface area contributed by atoms with Gasteiger partial charge in [0.2, 0.25) is 5.78 Å². The molecule has 0 saturated carbocycles. The van der Waals surface area contributed by atoms with E-state index in [1.54, 1.807) is 19.1 Å². The fourth-order valence-electron chi connectivity index (χ4n) is 0.852. The summed E-state index contributed by atoms with van der Waals surface area (Å²) in [7, 11) is 0. The van der Waals surface area contributed by atoms with Crippen LogP contribution in [0, 0.1) is 0 Å². The average molecular weight is 184 g/mol. The monoisotopic (exact) mass is 184 g/mol. The SMILES string of the molecule is CC(C(=O)C(=O)O)c1cccs1. The smallest absolute Gasteiger partial charge is 0.372 e. The Kier molecular flexibility index (Phi) is 2.60. The summed E-state index contributed by atoms with van der Waals surface area (Å²) in [5.74, 6) is -2.64. The van der Waals surface area contributed by atoms with Crippen molar-refractivity contribution in [3.8, 4) is 0 Å². The number of carboxylic acids is 1. The molecule has 0 saturated heterocycles. The Morgan fingerprint density at radius 3 is 2.67 bits per heavy atom. The lowest BCUT2D eigenvalue weighted by Crippen LogP contribution is -2.18. The second-order valence-corrected chi connectivity index (χ2v) is 3.39. The van der Waals surface area contributed by atoms with E-state index >= 15 is 0 Å². The molecule has 0 amide bonds. The van der Waals surface area contributed by atoms with Gasteiger partial charge in [0.1, 0.15) is 0 Å². The topological polar surface area (TPSA) is 54.4 Å². The number of carbonyl (C=O) groups excluding carboxylic acids is 1. The highest BCUT2D eigenvalue weighted by Crippen LogP contribution is 2.21. The molecule has 1 atom stereocenters. The van der Waals surface area contributed by atoms with E-state index in [0.29, 0.717) is 0 Å². The zero-order valence-corrected chi connectivity index (χ0v) is 7.30. The predicted octanol–water partition coefficient (Wildman–Crippen LogP) is 1.51. The molecule has 1 N–H and O–H groups in total. The van der Waals surface area contributed by atoms with Crippen LogP contribution in [-0.4, -0.2) is 16.9 Å². The number of Topliss-reactive ketones (excluding diaryl/α,β-unsaturated/α-hetero) is 1. The number of thiophene rings is 1. The molecule has 0 bridgehead atoms. The van der Waals surface area contributed by atoms with E-state index in [2.05, 4.69) is 0 Å². The number of carboxylic acid groups (broad SMARTS) is 1. The number of rotatable bonds is 3. The highest BCUT2D eigenvalue weighted by molar-refractivity contribution is 7.10. The average Bonchev–Trinajstić information content (AvgIpc) is 2.53. The number of hydrogen-bond donors (Lipinski definition) is 1. The highest BCUT2D eigenvalue weighted by Gasteiger charge is 2.22. The van der Waals surface area contributed by atoms with Gasteiger partial charge < -0.3 is 5.11 Å². The van der Waals surface area contributed by atoms with E-state index in [4.69, 9.17) is 5.11 Å². The maximum Gasteiger partial charge on any atom is 0.372 e. The van der Waals surface area contributed by atoms with Crippen LogP contribution >= 0.6 is 11.3 Å². The maximum absolute atomic E-state index is 10.9. The summed E-state index contributed by atoms with van der Waals surface area (Å²) in [6.07, 6.45) is 0. The van der Waals surface area contributed by atoms with Crippen LogP contribution in [0.3, 0.4) is 0 Å². The molecular formula is C8H8O3S.